The molecule has 0 aliphatic rings. The van der Waals surface area contributed by atoms with Gasteiger partial charge in [-0.05, 0) is 45.4 Å². The molecule has 0 aliphatic heterocycles. The molecule has 0 bridgehead atoms. The minimum atomic E-state index is -0.490. The van der Waals surface area contributed by atoms with Crippen molar-refractivity contribution < 1.29 is 19.0 Å². The lowest BCUT2D eigenvalue weighted by molar-refractivity contribution is 0.0534. The van der Waals surface area contributed by atoms with Gasteiger partial charge in [0.05, 0.1) is 13.7 Å². The van der Waals surface area contributed by atoms with Crippen LogP contribution in [0.4, 0.5) is 4.79 Å². The first kappa shape index (κ1) is 17.9. The highest BCUT2D eigenvalue weighted by atomic mass is 16.6. The van der Waals surface area contributed by atoms with Crippen LogP contribution in [0.1, 0.15) is 33.3 Å². The summed E-state index contributed by atoms with van der Waals surface area (Å²) in [5.74, 6) is 1.40. The molecular weight excluding hydrogens is 282 g/mol. The average Bonchev–Trinajstić information content (AvgIpc) is 2.43. The van der Waals surface area contributed by atoms with E-state index in [4.69, 9.17) is 14.2 Å². The normalized spacial score (nSPS) is 11.3. The van der Waals surface area contributed by atoms with Crippen LogP contribution in [-0.4, -0.2) is 32.0 Å². The molecule has 1 amide bonds. The van der Waals surface area contributed by atoms with Gasteiger partial charge in [-0.15, -0.1) is 0 Å². The molecule has 0 unspecified atom stereocenters. The number of benzene rings is 1. The highest BCUT2D eigenvalue weighted by molar-refractivity contribution is 5.68. The molecule has 0 aromatic heterocycles. The van der Waals surface area contributed by atoms with Gasteiger partial charge in [0, 0.05) is 6.54 Å². The zero-order valence-corrected chi connectivity index (χ0v) is 13.9. The van der Waals surface area contributed by atoms with Gasteiger partial charge >= 0.3 is 6.09 Å². The van der Waals surface area contributed by atoms with Crippen LogP contribution < -0.4 is 14.8 Å². The second kappa shape index (κ2) is 8.32. The maximum Gasteiger partial charge on any atom is 0.407 e. The number of hydrogen-bond donors (Lipinski definition) is 1. The SMILES string of the molecule is CCOc1ccc(C=CCNC(=O)OC(C)(C)C)cc1OC. The van der Waals surface area contributed by atoms with Gasteiger partial charge in [0.2, 0.25) is 0 Å². The number of alkyl carbamates (subject to hydrolysis) is 1. The predicted molar refractivity (Wildman–Crippen MR) is 87.4 cm³/mol. The molecule has 5 nitrogen and oxygen atoms in total. The van der Waals surface area contributed by atoms with E-state index in [1.165, 1.54) is 0 Å². The van der Waals surface area contributed by atoms with Crippen LogP contribution in [0.25, 0.3) is 6.08 Å². The summed E-state index contributed by atoms with van der Waals surface area (Å²) in [6.07, 6.45) is 3.32. The first-order chi connectivity index (χ1) is 10.4. The van der Waals surface area contributed by atoms with Crippen molar-refractivity contribution in [2.24, 2.45) is 0 Å². The molecule has 1 aromatic rings. The Labute approximate surface area is 132 Å². The van der Waals surface area contributed by atoms with Gasteiger partial charge in [-0.1, -0.05) is 18.2 Å². The van der Waals surface area contributed by atoms with E-state index in [-0.39, 0.29) is 0 Å². The smallest absolute Gasteiger partial charge is 0.407 e. The van der Waals surface area contributed by atoms with E-state index in [1.807, 2.05) is 58.0 Å². The van der Waals surface area contributed by atoms with Gasteiger partial charge in [0.1, 0.15) is 5.60 Å². The summed E-state index contributed by atoms with van der Waals surface area (Å²) in [6.45, 7) is 8.39. The van der Waals surface area contributed by atoms with Crippen LogP contribution >= 0.6 is 0 Å². The van der Waals surface area contributed by atoms with Gasteiger partial charge in [-0.25, -0.2) is 4.79 Å². The molecular formula is C17H25NO4. The van der Waals surface area contributed by atoms with Crippen molar-refractivity contribution >= 4 is 12.2 Å². The van der Waals surface area contributed by atoms with Crippen LogP contribution in [0.2, 0.25) is 0 Å². The molecule has 0 fully saturated rings. The maximum absolute atomic E-state index is 11.5. The molecule has 0 atom stereocenters. The summed E-state index contributed by atoms with van der Waals surface area (Å²) in [7, 11) is 1.61. The monoisotopic (exact) mass is 307 g/mol. The topological polar surface area (TPSA) is 56.8 Å². The Morgan fingerprint density at radius 1 is 1.27 bits per heavy atom. The number of nitrogens with one attached hydrogen (secondary N) is 1. The molecule has 0 heterocycles. The lowest BCUT2D eigenvalue weighted by Crippen LogP contribution is -2.32. The largest absolute Gasteiger partial charge is 0.493 e. The highest BCUT2D eigenvalue weighted by Gasteiger charge is 2.14. The summed E-state index contributed by atoms with van der Waals surface area (Å²) in [5.41, 5.74) is 0.474. The number of carbonyl (C=O) groups excluding carboxylic acids is 1. The van der Waals surface area contributed by atoms with Gasteiger partial charge in [-0.2, -0.15) is 0 Å². The van der Waals surface area contributed by atoms with E-state index in [0.29, 0.717) is 24.7 Å². The Bertz CT molecular complexity index is 518. The summed E-state index contributed by atoms with van der Waals surface area (Å²) in [4.78, 5) is 11.5. The molecule has 0 radical (unpaired) electrons. The first-order valence-electron chi connectivity index (χ1n) is 7.30. The van der Waals surface area contributed by atoms with E-state index < -0.39 is 11.7 Å². The Kier molecular flexibility index (Phi) is 6.76. The number of amides is 1. The molecule has 1 aromatic carbocycles. The van der Waals surface area contributed by atoms with Crippen LogP contribution in [0.15, 0.2) is 24.3 Å². The molecule has 0 aliphatic carbocycles. The Hall–Kier alpha value is -2.17. The van der Waals surface area contributed by atoms with Crippen LogP contribution in [0, 0.1) is 0 Å². The van der Waals surface area contributed by atoms with Gasteiger partial charge < -0.3 is 19.5 Å². The maximum atomic E-state index is 11.5. The van der Waals surface area contributed by atoms with Gasteiger partial charge in [0.25, 0.3) is 0 Å². The predicted octanol–water partition coefficient (Wildman–Crippen LogP) is 3.63. The lowest BCUT2D eigenvalue weighted by atomic mass is 10.2. The van der Waals surface area contributed by atoms with Gasteiger partial charge in [0.15, 0.2) is 11.5 Å². The quantitative estimate of drug-likeness (QED) is 0.872. The molecule has 0 saturated heterocycles. The zero-order chi connectivity index (χ0) is 16.6. The molecule has 22 heavy (non-hydrogen) atoms. The second-order valence-corrected chi connectivity index (χ2v) is 5.63. The van der Waals surface area contributed by atoms with Crippen molar-refractivity contribution in [2.45, 2.75) is 33.3 Å². The van der Waals surface area contributed by atoms with Crippen LogP contribution in [-0.2, 0) is 4.74 Å². The lowest BCUT2D eigenvalue weighted by Gasteiger charge is -2.19. The van der Waals surface area contributed by atoms with Gasteiger partial charge in [-0.3, -0.25) is 0 Å². The third kappa shape index (κ3) is 6.52. The van der Waals surface area contributed by atoms with Crippen molar-refractivity contribution in [3.63, 3.8) is 0 Å². The Morgan fingerprint density at radius 3 is 2.59 bits per heavy atom. The fourth-order valence-corrected chi connectivity index (χ4v) is 1.71. The molecule has 5 heteroatoms. The Balaban J connectivity index is 2.54. The molecule has 1 N–H and O–H groups in total. The first-order valence-corrected chi connectivity index (χ1v) is 7.30. The summed E-state index contributed by atoms with van der Waals surface area (Å²) in [6, 6.07) is 5.68. The average molecular weight is 307 g/mol. The number of carbonyl (C=O) groups is 1. The minimum Gasteiger partial charge on any atom is -0.493 e. The summed E-state index contributed by atoms with van der Waals surface area (Å²) < 4.78 is 15.9. The van der Waals surface area contributed by atoms with E-state index in [9.17, 15) is 4.79 Å². The van der Waals surface area contributed by atoms with E-state index in [2.05, 4.69) is 5.32 Å². The van der Waals surface area contributed by atoms with E-state index >= 15 is 0 Å². The molecule has 1 rings (SSSR count). The fourth-order valence-electron chi connectivity index (χ4n) is 1.71. The number of methoxy groups -OCH3 is 1. The van der Waals surface area contributed by atoms with Crippen LogP contribution in [0.3, 0.4) is 0 Å². The van der Waals surface area contributed by atoms with Crippen molar-refractivity contribution in [2.75, 3.05) is 20.3 Å². The zero-order valence-electron chi connectivity index (χ0n) is 13.9. The van der Waals surface area contributed by atoms with Crippen molar-refractivity contribution in [3.05, 3.63) is 29.8 Å². The van der Waals surface area contributed by atoms with E-state index in [0.717, 1.165) is 5.56 Å². The highest BCUT2D eigenvalue weighted by Crippen LogP contribution is 2.28. The number of ether oxygens (including phenoxy) is 3. The number of hydrogen-bond acceptors (Lipinski definition) is 4. The number of rotatable bonds is 6. The Morgan fingerprint density at radius 2 is 2.00 bits per heavy atom. The van der Waals surface area contributed by atoms with Crippen molar-refractivity contribution in [1.29, 1.82) is 0 Å². The van der Waals surface area contributed by atoms with Crippen molar-refractivity contribution in [1.82, 2.24) is 5.32 Å². The second-order valence-electron chi connectivity index (χ2n) is 5.63. The van der Waals surface area contributed by atoms with Crippen molar-refractivity contribution in [3.8, 4) is 11.5 Å². The fraction of sp³-hybridized carbons (Fsp3) is 0.471. The third-order valence-electron chi connectivity index (χ3n) is 2.56. The summed E-state index contributed by atoms with van der Waals surface area (Å²) >= 11 is 0. The minimum absolute atomic E-state index is 0.393. The van der Waals surface area contributed by atoms with E-state index in [1.54, 1.807) is 7.11 Å². The standard InChI is InChI=1S/C17H25NO4/c1-6-21-14-10-9-13(12-15(14)20-5)8-7-11-18-16(19)22-17(2,3)4/h7-10,12H,6,11H2,1-5H3,(H,18,19). The third-order valence-corrected chi connectivity index (χ3v) is 2.56. The molecule has 0 spiro atoms. The molecule has 122 valence electrons. The van der Waals surface area contributed by atoms with Crippen LogP contribution in [0.5, 0.6) is 11.5 Å². The molecule has 0 saturated carbocycles. The summed E-state index contributed by atoms with van der Waals surface area (Å²) in [5, 5.41) is 2.67.